The fourth-order valence-corrected chi connectivity index (χ4v) is 1.70. The van der Waals surface area contributed by atoms with E-state index in [4.69, 9.17) is 9.47 Å². The number of hydrogen-bond donors (Lipinski definition) is 1. The van der Waals surface area contributed by atoms with Crippen molar-refractivity contribution < 1.29 is 9.47 Å². The maximum absolute atomic E-state index is 5.49. The molecule has 0 aliphatic rings. The number of hydrogen-bond acceptors (Lipinski definition) is 4. The first kappa shape index (κ1) is 14.2. The van der Waals surface area contributed by atoms with Crippen molar-refractivity contribution in [2.75, 3.05) is 33.5 Å². The van der Waals surface area contributed by atoms with Gasteiger partial charge in [-0.1, -0.05) is 6.92 Å². The van der Waals surface area contributed by atoms with Crippen LogP contribution in [0.4, 0.5) is 0 Å². The van der Waals surface area contributed by atoms with Crippen molar-refractivity contribution in [3.05, 3.63) is 18.0 Å². The highest BCUT2D eigenvalue weighted by Crippen LogP contribution is 2.15. The molecule has 0 aromatic carbocycles. The van der Waals surface area contributed by atoms with Crippen LogP contribution < -0.4 is 5.32 Å². The van der Waals surface area contributed by atoms with Gasteiger partial charge in [0.25, 0.3) is 0 Å². The Balaban J connectivity index is 2.33. The van der Waals surface area contributed by atoms with E-state index in [9.17, 15) is 0 Å². The number of nitrogens with one attached hydrogen (secondary N) is 1. The predicted octanol–water partition coefficient (Wildman–Crippen LogP) is 1.12. The van der Waals surface area contributed by atoms with Crippen molar-refractivity contribution in [2.24, 2.45) is 7.05 Å². The van der Waals surface area contributed by atoms with E-state index in [1.54, 1.807) is 7.11 Å². The summed E-state index contributed by atoms with van der Waals surface area (Å²) in [5.41, 5.74) is 1.21. The second-order valence-electron chi connectivity index (χ2n) is 3.95. The van der Waals surface area contributed by atoms with Crippen molar-refractivity contribution >= 4 is 0 Å². The first-order chi connectivity index (χ1) is 8.27. The lowest BCUT2D eigenvalue weighted by Gasteiger charge is -2.16. The summed E-state index contributed by atoms with van der Waals surface area (Å²) in [5.74, 6) is 0. The Morgan fingerprint density at radius 2 is 2.24 bits per heavy atom. The molecule has 5 nitrogen and oxygen atoms in total. The Labute approximate surface area is 103 Å². The van der Waals surface area contributed by atoms with Gasteiger partial charge in [-0.15, -0.1) is 0 Å². The Morgan fingerprint density at radius 3 is 2.82 bits per heavy atom. The summed E-state index contributed by atoms with van der Waals surface area (Å²) < 4.78 is 12.2. The number of aromatic nitrogens is 2. The highest BCUT2D eigenvalue weighted by atomic mass is 16.5. The summed E-state index contributed by atoms with van der Waals surface area (Å²) in [4.78, 5) is 0. The lowest BCUT2D eigenvalue weighted by molar-refractivity contribution is 0.0658. The van der Waals surface area contributed by atoms with Crippen LogP contribution in [-0.4, -0.2) is 43.3 Å². The molecule has 1 rings (SSSR count). The van der Waals surface area contributed by atoms with Crippen LogP contribution in [0.15, 0.2) is 12.4 Å². The zero-order chi connectivity index (χ0) is 12.5. The lowest BCUT2D eigenvalue weighted by Crippen LogP contribution is -2.22. The molecule has 0 amide bonds. The van der Waals surface area contributed by atoms with Gasteiger partial charge < -0.3 is 14.8 Å². The van der Waals surface area contributed by atoms with Gasteiger partial charge in [-0.25, -0.2) is 0 Å². The number of ether oxygens (including phenoxy) is 2. The quantitative estimate of drug-likeness (QED) is 0.658. The van der Waals surface area contributed by atoms with Crippen molar-refractivity contribution in [3.63, 3.8) is 0 Å². The van der Waals surface area contributed by atoms with Crippen molar-refractivity contribution in [1.29, 1.82) is 0 Å². The van der Waals surface area contributed by atoms with Crippen LogP contribution in [-0.2, 0) is 16.5 Å². The average Bonchev–Trinajstić information content (AvgIpc) is 2.74. The minimum atomic E-state index is 0.316. The molecule has 1 aromatic heterocycles. The predicted molar refractivity (Wildman–Crippen MR) is 66.9 cm³/mol. The minimum Gasteiger partial charge on any atom is -0.382 e. The molecule has 0 spiro atoms. The number of rotatable bonds is 9. The second-order valence-corrected chi connectivity index (χ2v) is 3.95. The van der Waals surface area contributed by atoms with Gasteiger partial charge in [0.05, 0.1) is 19.4 Å². The average molecular weight is 241 g/mol. The molecule has 0 radical (unpaired) electrons. The molecule has 1 atom stereocenters. The molecule has 1 heterocycles. The van der Waals surface area contributed by atoms with Gasteiger partial charge in [0.2, 0.25) is 0 Å². The van der Waals surface area contributed by atoms with E-state index in [0.717, 1.165) is 19.6 Å². The standard InChI is InChI=1S/C12H23N3O2/c1-4-13-12(5-6-17-8-7-16-3)11-9-14-15(2)10-11/h9-10,12-13H,4-8H2,1-3H3. The SMILES string of the molecule is CCNC(CCOCCOC)c1cnn(C)c1. The molecule has 1 N–H and O–H groups in total. The van der Waals surface area contributed by atoms with Gasteiger partial charge >= 0.3 is 0 Å². The van der Waals surface area contributed by atoms with Crippen LogP contribution in [0.2, 0.25) is 0 Å². The molecule has 0 saturated heterocycles. The van der Waals surface area contributed by atoms with Crippen molar-refractivity contribution in [1.82, 2.24) is 15.1 Å². The van der Waals surface area contributed by atoms with Crippen LogP contribution in [0, 0.1) is 0 Å². The molecule has 0 bridgehead atoms. The van der Waals surface area contributed by atoms with E-state index in [1.165, 1.54) is 5.56 Å². The van der Waals surface area contributed by atoms with Gasteiger partial charge in [0.15, 0.2) is 0 Å². The molecular formula is C12H23N3O2. The molecule has 5 heteroatoms. The summed E-state index contributed by atoms with van der Waals surface area (Å²) in [5, 5.41) is 7.63. The lowest BCUT2D eigenvalue weighted by atomic mass is 10.1. The fourth-order valence-electron chi connectivity index (χ4n) is 1.70. The van der Waals surface area contributed by atoms with Crippen LogP contribution >= 0.6 is 0 Å². The highest BCUT2D eigenvalue weighted by Gasteiger charge is 2.11. The normalized spacial score (nSPS) is 12.9. The maximum atomic E-state index is 5.49. The number of methoxy groups -OCH3 is 1. The fraction of sp³-hybridized carbons (Fsp3) is 0.750. The first-order valence-electron chi connectivity index (χ1n) is 6.06. The molecule has 0 saturated carbocycles. The molecule has 0 fully saturated rings. The first-order valence-corrected chi connectivity index (χ1v) is 6.06. The van der Waals surface area contributed by atoms with Crippen LogP contribution in [0.3, 0.4) is 0 Å². The van der Waals surface area contributed by atoms with Gasteiger partial charge in [-0.05, 0) is 13.0 Å². The molecule has 0 aliphatic carbocycles. The van der Waals surface area contributed by atoms with Crippen LogP contribution in [0.1, 0.15) is 24.9 Å². The Morgan fingerprint density at radius 1 is 1.41 bits per heavy atom. The van der Waals surface area contributed by atoms with E-state index < -0.39 is 0 Å². The summed E-state index contributed by atoms with van der Waals surface area (Å²) in [6.07, 6.45) is 4.90. The maximum Gasteiger partial charge on any atom is 0.0700 e. The van der Waals surface area contributed by atoms with Crippen LogP contribution in [0.25, 0.3) is 0 Å². The van der Waals surface area contributed by atoms with E-state index in [1.807, 2.05) is 24.1 Å². The van der Waals surface area contributed by atoms with E-state index in [-0.39, 0.29) is 0 Å². The number of aryl methyl sites for hydroxylation is 1. The van der Waals surface area contributed by atoms with Crippen molar-refractivity contribution in [3.8, 4) is 0 Å². The monoisotopic (exact) mass is 241 g/mol. The van der Waals surface area contributed by atoms with Gasteiger partial charge in [0, 0.05) is 38.6 Å². The third-order valence-electron chi connectivity index (χ3n) is 2.56. The third kappa shape index (κ3) is 5.30. The smallest absolute Gasteiger partial charge is 0.0700 e. The minimum absolute atomic E-state index is 0.316. The molecule has 98 valence electrons. The van der Waals surface area contributed by atoms with Gasteiger partial charge in [-0.3, -0.25) is 4.68 Å². The zero-order valence-corrected chi connectivity index (χ0v) is 11.0. The van der Waals surface area contributed by atoms with Crippen LogP contribution in [0.5, 0.6) is 0 Å². The molecular weight excluding hydrogens is 218 g/mol. The Bertz CT molecular complexity index is 302. The van der Waals surface area contributed by atoms with Gasteiger partial charge in [0.1, 0.15) is 0 Å². The van der Waals surface area contributed by atoms with Crippen molar-refractivity contribution in [2.45, 2.75) is 19.4 Å². The Hall–Kier alpha value is -0.910. The highest BCUT2D eigenvalue weighted by molar-refractivity contribution is 5.10. The second kappa shape index (κ2) is 8.22. The van der Waals surface area contributed by atoms with E-state index in [2.05, 4.69) is 17.3 Å². The molecule has 1 unspecified atom stereocenters. The topological polar surface area (TPSA) is 48.3 Å². The summed E-state index contributed by atoms with van der Waals surface area (Å²) in [6, 6.07) is 0.316. The van der Waals surface area contributed by atoms with E-state index >= 15 is 0 Å². The largest absolute Gasteiger partial charge is 0.382 e. The molecule has 1 aromatic rings. The van der Waals surface area contributed by atoms with E-state index in [0.29, 0.717) is 19.3 Å². The number of nitrogens with zero attached hydrogens (tertiary/aromatic N) is 2. The summed E-state index contributed by atoms with van der Waals surface area (Å²) in [7, 11) is 3.61. The molecule has 17 heavy (non-hydrogen) atoms. The molecule has 0 aliphatic heterocycles. The summed E-state index contributed by atoms with van der Waals surface area (Å²) in [6.45, 7) is 5.09. The Kier molecular flexibility index (Phi) is 6.84. The summed E-state index contributed by atoms with van der Waals surface area (Å²) >= 11 is 0. The zero-order valence-electron chi connectivity index (χ0n) is 11.0. The van der Waals surface area contributed by atoms with Gasteiger partial charge in [-0.2, -0.15) is 5.10 Å². The third-order valence-corrected chi connectivity index (χ3v) is 2.56.